The van der Waals surface area contributed by atoms with Gasteiger partial charge in [0, 0.05) is 36.2 Å². The number of ether oxygens (including phenoxy) is 2. The van der Waals surface area contributed by atoms with E-state index in [0.29, 0.717) is 18.9 Å². The van der Waals surface area contributed by atoms with Crippen LogP contribution < -0.4 is 4.74 Å². The molecule has 0 unspecified atom stereocenters. The first-order chi connectivity index (χ1) is 14.8. The van der Waals surface area contributed by atoms with Gasteiger partial charge in [-0.2, -0.15) is 0 Å². The van der Waals surface area contributed by atoms with Gasteiger partial charge in [0.25, 0.3) is 0 Å². The van der Waals surface area contributed by atoms with E-state index in [4.69, 9.17) is 14.5 Å². The van der Waals surface area contributed by atoms with Crippen LogP contribution in [0.25, 0.3) is 22.0 Å². The van der Waals surface area contributed by atoms with Gasteiger partial charge in [0.05, 0.1) is 31.5 Å². The van der Waals surface area contributed by atoms with Gasteiger partial charge in [0.1, 0.15) is 10.8 Å². The molecule has 0 saturated heterocycles. The normalized spacial score (nSPS) is 11.0. The van der Waals surface area contributed by atoms with Crippen molar-refractivity contribution in [1.82, 2.24) is 24.7 Å². The number of hydrogen-bond donors (Lipinski definition) is 0. The molecule has 9 heteroatoms. The number of nitrogens with zero attached hydrogens (tertiary/aromatic N) is 5. The van der Waals surface area contributed by atoms with E-state index in [2.05, 4.69) is 25.1 Å². The number of hydrogen-bond acceptors (Lipinski definition) is 8. The van der Waals surface area contributed by atoms with Crippen molar-refractivity contribution in [3.05, 3.63) is 59.9 Å². The topological polar surface area (TPSA) is 75.0 Å². The van der Waals surface area contributed by atoms with Crippen LogP contribution in [0.5, 0.6) is 5.75 Å². The summed E-state index contributed by atoms with van der Waals surface area (Å²) >= 11 is 3.23. The molecule has 154 valence electrons. The van der Waals surface area contributed by atoms with Gasteiger partial charge in [0.15, 0.2) is 11.0 Å². The molecule has 4 aromatic rings. The fourth-order valence-electron chi connectivity index (χ4n) is 2.95. The van der Waals surface area contributed by atoms with Crippen molar-refractivity contribution in [3.63, 3.8) is 0 Å². The predicted octanol–water partition coefficient (Wildman–Crippen LogP) is 4.41. The fourth-order valence-corrected chi connectivity index (χ4v) is 4.76. The number of methoxy groups -OCH3 is 2. The molecule has 0 atom stereocenters. The molecule has 0 saturated carbocycles. The lowest BCUT2D eigenvalue weighted by Gasteiger charge is -2.09. The van der Waals surface area contributed by atoms with E-state index in [0.717, 1.165) is 38.6 Å². The molecule has 0 spiro atoms. The zero-order valence-corrected chi connectivity index (χ0v) is 18.3. The summed E-state index contributed by atoms with van der Waals surface area (Å²) in [4.78, 5) is 8.87. The van der Waals surface area contributed by atoms with Gasteiger partial charge in [-0.25, -0.2) is 4.98 Å². The average molecular weight is 440 g/mol. The van der Waals surface area contributed by atoms with E-state index < -0.39 is 0 Å². The second-order valence-electron chi connectivity index (χ2n) is 6.32. The van der Waals surface area contributed by atoms with Crippen molar-refractivity contribution in [1.29, 1.82) is 0 Å². The number of benzene rings is 1. The lowest BCUT2D eigenvalue weighted by Crippen LogP contribution is -2.07. The maximum Gasteiger partial charge on any atom is 0.191 e. The molecule has 3 aromatic heterocycles. The Kier molecular flexibility index (Phi) is 6.73. The van der Waals surface area contributed by atoms with E-state index in [9.17, 15) is 0 Å². The Labute approximate surface area is 183 Å². The highest BCUT2D eigenvalue weighted by Crippen LogP contribution is 2.33. The Morgan fingerprint density at radius 2 is 1.90 bits per heavy atom. The Bertz CT molecular complexity index is 1100. The van der Waals surface area contributed by atoms with E-state index in [1.807, 2.05) is 36.4 Å². The zero-order chi connectivity index (χ0) is 20.8. The summed E-state index contributed by atoms with van der Waals surface area (Å²) in [5, 5.41) is 12.7. The second kappa shape index (κ2) is 9.84. The summed E-state index contributed by atoms with van der Waals surface area (Å²) in [5.74, 6) is 2.34. The fraction of sp³-hybridized carbons (Fsp3) is 0.238. The van der Waals surface area contributed by atoms with Crippen molar-refractivity contribution in [2.24, 2.45) is 0 Å². The predicted molar refractivity (Wildman–Crippen MR) is 119 cm³/mol. The van der Waals surface area contributed by atoms with Gasteiger partial charge in [-0.15, -0.1) is 21.5 Å². The van der Waals surface area contributed by atoms with Crippen LogP contribution in [0.3, 0.4) is 0 Å². The first-order valence-electron chi connectivity index (χ1n) is 9.33. The molecule has 7 nitrogen and oxygen atoms in total. The number of rotatable bonds is 9. The van der Waals surface area contributed by atoms with E-state index >= 15 is 0 Å². The highest BCUT2D eigenvalue weighted by Gasteiger charge is 2.16. The Morgan fingerprint density at radius 3 is 2.70 bits per heavy atom. The third-order valence-corrected chi connectivity index (χ3v) is 6.34. The summed E-state index contributed by atoms with van der Waals surface area (Å²) in [6.07, 6.45) is 3.51. The molecule has 0 bridgehead atoms. The van der Waals surface area contributed by atoms with Crippen molar-refractivity contribution in [2.45, 2.75) is 17.5 Å². The molecule has 0 aliphatic rings. The third-order valence-electron chi connectivity index (χ3n) is 4.41. The minimum absolute atomic E-state index is 0.582. The molecular weight excluding hydrogens is 418 g/mol. The standard InChI is InChI=1S/C21H21N5O2S2/c1-27-12-11-26-19(15-7-9-22-10-8-15)24-25-21(26)30-14-16-13-29-20(23-16)17-5-3-4-6-18(17)28-2/h3-10,13H,11-12,14H2,1-2H3. The Balaban J connectivity index is 1.53. The van der Waals surface area contributed by atoms with E-state index in [-0.39, 0.29) is 0 Å². The lowest BCUT2D eigenvalue weighted by atomic mass is 10.2. The Morgan fingerprint density at radius 1 is 1.07 bits per heavy atom. The SMILES string of the molecule is COCCn1c(SCc2csc(-c3ccccc3OC)n2)nnc1-c1ccncc1. The summed E-state index contributed by atoms with van der Waals surface area (Å²) in [5.41, 5.74) is 2.98. The summed E-state index contributed by atoms with van der Waals surface area (Å²) in [7, 11) is 3.37. The molecule has 0 fully saturated rings. The minimum Gasteiger partial charge on any atom is -0.496 e. The van der Waals surface area contributed by atoms with Crippen molar-refractivity contribution in [2.75, 3.05) is 20.8 Å². The molecule has 1 aromatic carbocycles. The number of para-hydroxylation sites is 1. The highest BCUT2D eigenvalue weighted by atomic mass is 32.2. The highest BCUT2D eigenvalue weighted by molar-refractivity contribution is 7.98. The summed E-state index contributed by atoms with van der Waals surface area (Å²) in [6.45, 7) is 1.26. The van der Waals surface area contributed by atoms with Crippen LogP contribution in [-0.4, -0.2) is 45.6 Å². The Hall–Kier alpha value is -2.75. The van der Waals surface area contributed by atoms with E-state index in [1.54, 1.807) is 49.7 Å². The largest absolute Gasteiger partial charge is 0.496 e. The number of pyridine rings is 1. The van der Waals surface area contributed by atoms with E-state index in [1.165, 1.54) is 0 Å². The smallest absolute Gasteiger partial charge is 0.191 e. The van der Waals surface area contributed by atoms with Gasteiger partial charge in [-0.3, -0.25) is 9.55 Å². The summed E-state index contributed by atoms with van der Waals surface area (Å²) in [6, 6.07) is 11.8. The maximum absolute atomic E-state index is 5.46. The van der Waals surface area contributed by atoms with Gasteiger partial charge >= 0.3 is 0 Å². The quantitative estimate of drug-likeness (QED) is 0.358. The van der Waals surface area contributed by atoms with Crippen molar-refractivity contribution in [3.8, 4) is 27.7 Å². The molecule has 0 aliphatic heterocycles. The summed E-state index contributed by atoms with van der Waals surface area (Å²) < 4.78 is 12.8. The van der Waals surface area contributed by atoms with Gasteiger partial charge in [-0.1, -0.05) is 23.9 Å². The third kappa shape index (κ3) is 4.53. The molecule has 0 aliphatic carbocycles. The first kappa shape index (κ1) is 20.5. The average Bonchev–Trinajstić information content (AvgIpc) is 3.43. The molecule has 0 amide bonds. The molecule has 3 heterocycles. The number of aromatic nitrogens is 5. The number of thiazole rings is 1. The van der Waals surface area contributed by atoms with Crippen LogP contribution in [0.4, 0.5) is 0 Å². The molecule has 4 rings (SSSR count). The molecule has 0 N–H and O–H groups in total. The second-order valence-corrected chi connectivity index (χ2v) is 8.12. The monoisotopic (exact) mass is 439 g/mol. The minimum atomic E-state index is 0.582. The zero-order valence-electron chi connectivity index (χ0n) is 16.7. The van der Waals surface area contributed by atoms with Crippen LogP contribution >= 0.6 is 23.1 Å². The van der Waals surface area contributed by atoms with Gasteiger partial charge < -0.3 is 9.47 Å². The molecule has 0 radical (unpaired) electrons. The van der Waals surface area contributed by atoms with Crippen molar-refractivity contribution >= 4 is 23.1 Å². The van der Waals surface area contributed by atoms with Gasteiger partial charge in [-0.05, 0) is 24.3 Å². The van der Waals surface area contributed by atoms with Crippen LogP contribution in [0.15, 0.2) is 59.3 Å². The van der Waals surface area contributed by atoms with Gasteiger partial charge in [0.2, 0.25) is 0 Å². The van der Waals surface area contributed by atoms with Crippen molar-refractivity contribution < 1.29 is 9.47 Å². The lowest BCUT2D eigenvalue weighted by molar-refractivity contribution is 0.185. The van der Waals surface area contributed by atoms with Crippen LogP contribution in [0.2, 0.25) is 0 Å². The molecule has 30 heavy (non-hydrogen) atoms. The number of thioether (sulfide) groups is 1. The van der Waals surface area contributed by atoms with Crippen LogP contribution in [0.1, 0.15) is 5.69 Å². The maximum atomic E-state index is 5.46. The van der Waals surface area contributed by atoms with Crippen LogP contribution in [-0.2, 0) is 17.0 Å². The molecular formula is C21H21N5O2S2. The first-order valence-corrected chi connectivity index (χ1v) is 11.2. The van der Waals surface area contributed by atoms with Crippen LogP contribution in [0, 0.1) is 0 Å².